The van der Waals surface area contributed by atoms with E-state index in [-0.39, 0.29) is 17.6 Å². The molecule has 0 spiro atoms. The molecule has 3 unspecified atom stereocenters. The number of esters is 1. The van der Waals surface area contributed by atoms with Gasteiger partial charge in [-0.3, -0.25) is 9.13 Å². The average Bonchev–Trinajstić information content (AvgIpc) is 3.38. The topological polar surface area (TPSA) is 306 Å². The van der Waals surface area contributed by atoms with Crippen molar-refractivity contribution in [2.75, 3.05) is 24.7 Å². The van der Waals surface area contributed by atoms with Gasteiger partial charge in [0, 0.05) is 12.4 Å². The van der Waals surface area contributed by atoms with Crippen molar-refractivity contribution in [3.8, 4) is 0 Å². The van der Waals surface area contributed by atoms with E-state index in [9.17, 15) is 39.6 Å². The number of amides is 1. The van der Waals surface area contributed by atoms with Crippen LogP contribution in [0.4, 0.5) is 16.4 Å². The predicted octanol–water partition coefficient (Wildman–Crippen LogP) is -2.25. The summed E-state index contributed by atoms with van der Waals surface area (Å²) in [6.45, 7) is 9.99. The summed E-state index contributed by atoms with van der Waals surface area (Å²) in [6.07, 6.45) is -5.42. The number of nitrogens with two attached hydrogens (primary N) is 2. The van der Waals surface area contributed by atoms with Gasteiger partial charge in [-0.1, -0.05) is 13.8 Å². The Hall–Kier alpha value is -4.18. The molecular formula is C30H47N7O13. The highest BCUT2D eigenvalue weighted by Gasteiger charge is 2.57. The van der Waals surface area contributed by atoms with E-state index in [4.69, 9.17) is 35.5 Å². The number of nitrogens with one attached hydrogen (secondary N) is 1. The number of ether oxygens (including phenoxy) is 4. The van der Waals surface area contributed by atoms with Crippen LogP contribution in [0.2, 0.25) is 0 Å². The number of aliphatic hydroxyl groups excluding tert-OH is 3. The van der Waals surface area contributed by atoms with Crippen LogP contribution in [0.25, 0.3) is 0 Å². The minimum absolute atomic E-state index is 0.0152. The molecule has 2 aliphatic rings. The highest BCUT2D eigenvalue weighted by Crippen LogP contribution is 2.40. The molecule has 0 aromatic carbocycles. The van der Waals surface area contributed by atoms with E-state index in [1.165, 1.54) is 38.4 Å². The van der Waals surface area contributed by atoms with Crippen LogP contribution in [0, 0.1) is 5.92 Å². The van der Waals surface area contributed by atoms with Gasteiger partial charge in [-0.15, -0.1) is 0 Å². The van der Waals surface area contributed by atoms with Crippen LogP contribution in [-0.4, -0.2) is 117 Å². The third kappa shape index (κ3) is 8.94. The molecule has 2 saturated heterocycles. The Bertz CT molecular complexity index is 1620. The second-order valence-corrected chi connectivity index (χ2v) is 13.6. The molecule has 2 aliphatic heterocycles. The molecule has 50 heavy (non-hydrogen) atoms. The molecule has 1 amide bonds. The molecule has 2 aromatic heterocycles. The molecule has 4 rings (SSSR count). The summed E-state index contributed by atoms with van der Waals surface area (Å²) in [5.41, 5.74) is 4.96. The molecule has 20 heteroatoms. The first-order valence-electron chi connectivity index (χ1n) is 15.6. The molecule has 20 nitrogen and oxygen atoms in total. The fourth-order valence-electron chi connectivity index (χ4n) is 5.30. The second kappa shape index (κ2) is 15.4. The lowest BCUT2D eigenvalue weighted by molar-refractivity contribution is -0.167. The number of hydrogen-bond acceptors (Lipinski definition) is 17. The Kier molecular flexibility index (Phi) is 12.4. The van der Waals surface area contributed by atoms with Crippen LogP contribution >= 0.6 is 0 Å². The monoisotopic (exact) mass is 713 g/mol. The SMILES string of the molecule is CC(C)C(NC(=O)OC(C)(C)C)C(=O)O[C@H]1[C@@H](CO)O[C@@H](n2ccc(N)nc2=O)C1(C)O.CC1(O)[C@@H](O)[C@@H](CO)O[C@H]1n1ccc(N)nc1=O. The van der Waals surface area contributed by atoms with E-state index in [1.54, 1.807) is 34.6 Å². The molecule has 0 radical (unpaired) electrons. The van der Waals surface area contributed by atoms with Crippen molar-refractivity contribution in [2.45, 2.75) is 108 Å². The number of aromatic nitrogens is 4. The van der Waals surface area contributed by atoms with Gasteiger partial charge in [0.2, 0.25) is 0 Å². The molecule has 4 heterocycles. The fourth-order valence-corrected chi connectivity index (χ4v) is 5.30. The fraction of sp³-hybridized carbons (Fsp3) is 0.667. The molecule has 2 aromatic rings. The van der Waals surface area contributed by atoms with E-state index in [0.717, 1.165) is 9.13 Å². The minimum Gasteiger partial charge on any atom is -0.455 e. The van der Waals surface area contributed by atoms with Gasteiger partial charge in [-0.2, -0.15) is 9.97 Å². The number of carbonyl (C=O) groups excluding carboxylic acids is 2. The highest BCUT2D eigenvalue weighted by atomic mass is 16.6. The average molecular weight is 714 g/mol. The Balaban J connectivity index is 0.000000316. The lowest BCUT2D eigenvalue weighted by Crippen LogP contribution is -2.53. The van der Waals surface area contributed by atoms with E-state index in [1.807, 2.05) is 0 Å². The number of carbonyl (C=O) groups is 2. The van der Waals surface area contributed by atoms with Crippen molar-refractivity contribution >= 4 is 23.7 Å². The minimum atomic E-state index is -1.92. The van der Waals surface area contributed by atoms with Crippen molar-refractivity contribution in [3.63, 3.8) is 0 Å². The molecule has 0 bridgehead atoms. The molecule has 280 valence electrons. The normalized spacial score (nSPS) is 29.9. The van der Waals surface area contributed by atoms with Crippen LogP contribution in [0.5, 0.6) is 0 Å². The number of aliphatic hydroxyl groups is 5. The standard InChI is InChI=1S/C20H32N4O8.C10H15N3O5/c1-10(2)13(23-18(28)32-19(3,4)5)15(26)31-14-11(9-25)30-16(20(14,6)29)24-8-7-12(21)22-17(24)27;1-10(17)7(15)5(4-14)18-8(10)13-3-2-6(11)12-9(13)16/h7-8,10-11,13-14,16,25,29H,9H2,1-6H3,(H,23,28)(H2,21,22,27);2-3,5,7-8,14-15,17H,4H2,1H3,(H2,11,12,16)/t11-,13?,14+,16-,20?;5-,7+,8-,10?/m11/s1. The lowest BCUT2D eigenvalue weighted by atomic mass is 9.95. The van der Waals surface area contributed by atoms with Gasteiger partial charge in [0.15, 0.2) is 18.6 Å². The van der Waals surface area contributed by atoms with Crippen molar-refractivity contribution in [1.82, 2.24) is 24.4 Å². The maximum absolute atomic E-state index is 12.9. The lowest BCUT2D eigenvalue weighted by Gasteiger charge is -2.32. The van der Waals surface area contributed by atoms with Gasteiger partial charge in [0.25, 0.3) is 0 Å². The molecule has 2 fully saturated rings. The van der Waals surface area contributed by atoms with Crippen LogP contribution in [-0.2, 0) is 23.7 Å². The van der Waals surface area contributed by atoms with E-state index >= 15 is 0 Å². The van der Waals surface area contributed by atoms with Crippen molar-refractivity contribution in [3.05, 3.63) is 45.5 Å². The third-order valence-corrected chi connectivity index (χ3v) is 7.88. The van der Waals surface area contributed by atoms with Gasteiger partial charge in [-0.05, 0) is 52.7 Å². The highest BCUT2D eigenvalue weighted by molar-refractivity contribution is 5.82. The maximum Gasteiger partial charge on any atom is 0.408 e. The van der Waals surface area contributed by atoms with Crippen LogP contribution < -0.4 is 28.2 Å². The summed E-state index contributed by atoms with van der Waals surface area (Å²) in [4.78, 5) is 56.0. The predicted molar refractivity (Wildman–Crippen MR) is 173 cm³/mol. The summed E-state index contributed by atoms with van der Waals surface area (Å²) in [6, 6.07) is 1.62. The van der Waals surface area contributed by atoms with Gasteiger partial charge in [0.1, 0.15) is 52.8 Å². The summed E-state index contributed by atoms with van der Waals surface area (Å²) in [5.74, 6) is -1.21. The maximum atomic E-state index is 12.9. The molecular weight excluding hydrogens is 666 g/mol. The Morgan fingerprint density at radius 2 is 1.40 bits per heavy atom. The molecule has 9 atom stereocenters. The van der Waals surface area contributed by atoms with Crippen molar-refractivity contribution in [1.29, 1.82) is 0 Å². The Morgan fingerprint density at radius 3 is 1.80 bits per heavy atom. The summed E-state index contributed by atoms with van der Waals surface area (Å²) >= 11 is 0. The van der Waals surface area contributed by atoms with Gasteiger partial charge >= 0.3 is 23.4 Å². The number of rotatable bonds is 8. The smallest absolute Gasteiger partial charge is 0.408 e. The first kappa shape index (κ1) is 40.3. The summed E-state index contributed by atoms with van der Waals surface area (Å²) < 4.78 is 23.6. The van der Waals surface area contributed by atoms with Gasteiger partial charge in [0.05, 0.1) is 13.2 Å². The van der Waals surface area contributed by atoms with Gasteiger partial charge in [-0.25, -0.2) is 19.2 Å². The largest absolute Gasteiger partial charge is 0.455 e. The Labute approximate surface area is 286 Å². The zero-order chi connectivity index (χ0) is 37.9. The first-order valence-corrected chi connectivity index (χ1v) is 15.6. The third-order valence-electron chi connectivity index (χ3n) is 7.88. The van der Waals surface area contributed by atoms with E-state index in [0.29, 0.717) is 0 Å². The quantitative estimate of drug-likeness (QED) is 0.134. The second-order valence-electron chi connectivity index (χ2n) is 13.6. The summed E-state index contributed by atoms with van der Waals surface area (Å²) in [7, 11) is 0. The van der Waals surface area contributed by atoms with Crippen molar-refractivity contribution < 1.29 is 54.1 Å². The van der Waals surface area contributed by atoms with E-state index < -0.39 is 96.4 Å². The van der Waals surface area contributed by atoms with Gasteiger partial charge < -0.3 is 61.3 Å². The number of anilines is 2. The first-order chi connectivity index (χ1) is 23.0. The summed E-state index contributed by atoms with van der Waals surface area (Å²) in [5, 5.41) is 52.3. The zero-order valence-corrected chi connectivity index (χ0v) is 28.8. The number of alkyl carbamates (subject to hydrolysis) is 1. The number of nitrogen functional groups attached to an aromatic ring is 2. The molecule has 0 saturated carbocycles. The Morgan fingerprint density at radius 1 is 0.940 bits per heavy atom. The van der Waals surface area contributed by atoms with Crippen molar-refractivity contribution in [2.24, 2.45) is 5.92 Å². The van der Waals surface area contributed by atoms with Crippen LogP contribution in [0.15, 0.2) is 34.1 Å². The molecule has 10 N–H and O–H groups in total. The van der Waals surface area contributed by atoms with Crippen LogP contribution in [0.3, 0.4) is 0 Å². The molecule has 0 aliphatic carbocycles. The van der Waals surface area contributed by atoms with E-state index in [2.05, 4.69) is 15.3 Å². The van der Waals surface area contributed by atoms with Crippen LogP contribution in [0.1, 0.15) is 60.9 Å². The number of nitrogens with zero attached hydrogens (tertiary/aromatic N) is 4. The number of hydrogen-bond donors (Lipinski definition) is 8. The zero-order valence-electron chi connectivity index (χ0n) is 28.8.